The number of benzene rings is 1. The van der Waals surface area contributed by atoms with E-state index in [0.717, 1.165) is 37.2 Å². The zero-order valence-electron chi connectivity index (χ0n) is 13.0. The molecule has 0 aliphatic heterocycles. The zero-order valence-corrected chi connectivity index (χ0v) is 13.0. The highest BCUT2D eigenvalue weighted by Crippen LogP contribution is 2.29. The molecule has 112 valence electrons. The SMILES string of the molecule is CCCCOc1ccc(CNCC2CCC(C)C2)cc1. The van der Waals surface area contributed by atoms with Gasteiger partial charge in [-0.05, 0) is 55.3 Å². The van der Waals surface area contributed by atoms with Gasteiger partial charge in [-0.15, -0.1) is 0 Å². The minimum atomic E-state index is 0.827. The molecule has 2 atom stereocenters. The van der Waals surface area contributed by atoms with Gasteiger partial charge in [-0.1, -0.05) is 38.8 Å². The highest BCUT2D eigenvalue weighted by Gasteiger charge is 2.20. The smallest absolute Gasteiger partial charge is 0.119 e. The molecule has 1 N–H and O–H groups in total. The summed E-state index contributed by atoms with van der Waals surface area (Å²) in [5.74, 6) is 2.81. The number of rotatable bonds is 8. The molecule has 0 bridgehead atoms. The van der Waals surface area contributed by atoms with Crippen LogP contribution < -0.4 is 10.1 Å². The van der Waals surface area contributed by atoms with Crippen molar-refractivity contribution in [2.24, 2.45) is 11.8 Å². The molecule has 1 aliphatic rings. The van der Waals surface area contributed by atoms with Gasteiger partial charge in [0.15, 0.2) is 0 Å². The van der Waals surface area contributed by atoms with Crippen molar-refractivity contribution in [2.45, 2.75) is 52.5 Å². The third kappa shape index (κ3) is 5.16. The summed E-state index contributed by atoms with van der Waals surface area (Å²) in [6, 6.07) is 8.52. The number of hydrogen-bond donors (Lipinski definition) is 1. The van der Waals surface area contributed by atoms with Crippen molar-refractivity contribution in [3.63, 3.8) is 0 Å². The monoisotopic (exact) mass is 275 g/mol. The third-order valence-electron chi connectivity index (χ3n) is 4.26. The second-order valence-electron chi connectivity index (χ2n) is 6.26. The fraction of sp³-hybridized carbons (Fsp3) is 0.667. The molecule has 0 radical (unpaired) electrons. The lowest BCUT2D eigenvalue weighted by Gasteiger charge is -2.11. The van der Waals surface area contributed by atoms with Crippen LogP contribution >= 0.6 is 0 Å². The van der Waals surface area contributed by atoms with Crippen LogP contribution in [-0.2, 0) is 6.54 Å². The summed E-state index contributed by atoms with van der Waals surface area (Å²) in [4.78, 5) is 0. The highest BCUT2D eigenvalue weighted by molar-refractivity contribution is 5.27. The predicted octanol–water partition coefficient (Wildman–Crippen LogP) is 4.39. The van der Waals surface area contributed by atoms with Crippen LogP contribution in [0, 0.1) is 11.8 Å². The maximum Gasteiger partial charge on any atom is 0.119 e. The standard InChI is InChI=1S/C18H29NO/c1-3-4-11-20-18-9-7-16(8-10-18)13-19-14-17-6-5-15(2)12-17/h7-10,15,17,19H,3-6,11-14H2,1-2H3. The van der Waals surface area contributed by atoms with Gasteiger partial charge < -0.3 is 10.1 Å². The van der Waals surface area contributed by atoms with Gasteiger partial charge in [0.25, 0.3) is 0 Å². The average molecular weight is 275 g/mol. The van der Waals surface area contributed by atoms with E-state index in [4.69, 9.17) is 4.74 Å². The van der Waals surface area contributed by atoms with Crippen LogP contribution in [0.3, 0.4) is 0 Å². The van der Waals surface area contributed by atoms with Gasteiger partial charge in [0.05, 0.1) is 6.61 Å². The lowest BCUT2D eigenvalue weighted by atomic mass is 10.1. The summed E-state index contributed by atoms with van der Waals surface area (Å²) in [5, 5.41) is 3.60. The van der Waals surface area contributed by atoms with E-state index in [0.29, 0.717) is 0 Å². The fourth-order valence-electron chi connectivity index (χ4n) is 2.97. The van der Waals surface area contributed by atoms with Crippen molar-refractivity contribution in [3.05, 3.63) is 29.8 Å². The molecule has 2 nitrogen and oxygen atoms in total. The number of hydrogen-bond acceptors (Lipinski definition) is 2. The first-order chi connectivity index (χ1) is 9.78. The second-order valence-corrected chi connectivity index (χ2v) is 6.26. The van der Waals surface area contributed by atoms with Gasteiger partial charge in [-0.2, -0.15) is 0 Å². The number of ether oxygens (including phenoxy) is 1. The molecular weight excluding hydrogens is 246 g/mol. The van der Waals surface area contributed by atoms with Gasteiger partial charge in [-0.3, -0.25) is 0 Å². The van der Waals surface area contributed by atoms with Gasteiger partial charge in [-0.25, -0.2) is 0 Å². The highest BCUT2D eigenvalue weighted by atomic mass is 16.5. The van der Waals surface area contributed by atoms with Crippen molar-refractivity contribution >= 4 is 0 Å². The molecule has 0 aromatic heterocycles. The van der Waals surface area contributed by atoms with Gasteiger partial charge in [0.2, 0.25) is 0 Å². The van der Waals surface area contributed by atoms with Crippen LogP contribution in [0.2, 0.25) is 0 Å². The minimum Gasteiger partial charge on any atom is -0.494 e. The van der Waals surface area contributed by atoms with E-state index >= 15 is 0 Å². The lowest BCUT2D eigenvalue weighted by molar-refractivity contribution is 0.309. The van der Waals surface area contributed by atoms with Crippen LogP contribution in [0.5, 0.6) is 5.75 Å². The summed E-state index contributed by atoms with van der Waals surface area (Å²) >= 11 is 0. The molecule has 0 heterocycles. The van der Waals surface area contributed by atoms with E-state index in [1.165, 1.54) is 37.8 Å². The Morgan fingerprint density at radius 3 is 2.65 bits per heavy atom. The topological polar surface area (TPSA) is 21.3 Å². The Labute approximate surface area is 123 Å². The molecule has 2 rings (SSSR count). The number of unbranched alkanes of at least 4 members (excludes halogenated alkanes) is 1. The lowest BCUT2D eigenvalue weighted by Crippen LogP contribution is -2.20. The normalized spacial score (nSPS) is 22.1. The van der Waals surface area contributed by atoms with Crippen molar-refractivity contribution in [1.29, 1.82) is 0 Å². The number of nitrogens with one attached hydrogen (secondary N) is 1. The van der Waals surface area contributed by atoms with Crippen molar-refractivity contribution in [1.82, 2.24) is 5.32 Å². The molecule has 1 aromatic carbocycles. The minimum absolute atomic E-state index is 0.827. The Kier molecular flexibility index (Phi) is 6.38. The molecule has 1 fully saturated rings. The molecule has 2 unspecified atom stereocenters. The molecule has 0 saturated heterocycles. The van der Waals surface area contributed by atoms with E-state index in [2.05, 4.69) is 43.4 Å². The van der Waals surface area contributed by atoms with Crippen LogP contribution in [0.25, 0.3) is 0 Å². The summed E-state index contributed by atoms with van der Waals surface area (Å²) in [6.45, 7) is 7.52. The van der Waals surface area contributed by atoms with Gasteiger partial charge in [0.1, 0.15) is 5.75 Å². The molecular formula is C18H29NO. The van der Waals surface area contributed by atoms with E-state index < -0.39 is 0 Å². The van der Waals surface area contributed by atoms with Crippen LogP contribution in [-0.4, -0.2) is 13.2 Å². The Morgan fingerprint density at radius 2 is 2.00 bits per heavy atom. The second kappa shape index (κ2) is 8.31. The van der Waals surface area contributed by atoms with E-state index in [9.17, 15) is 0 Å². The fourth-order valence-corrected chi connectivity index (χ4v) is 2.97. The first-order valence-corrected chi connectivity index (χ1v) is 8.20. The Bertz CT molecular complexity index is 374. The quantitative estimate of drug-likeness (QED) is 0.710. The van der Waals surface area contributed by atoms with Crippen molar-refractivity contribution in [3.8, 4) is 5.75 Å². The molecule has 20 heavy (non-hydrogen) atoms. The Hall–Kier alpha value is -1.02. The molecule has 0 amide bonds. The summed E-state index contributed by atoms with van der Waals surface area (Å²) < 4.78 is 5.68. The third-order valence-corrected chi connectivity index (χ3v) is 4.26. The summed E-state index contributed by atoms with van der Waals surface area (Å²) in [7, 11) is 0. The molecule has 1 saturated carbocycles. The molecule has 2 heteroatoms. The summed E-state index contributed by atoms with van der Waals surface area (Å²) in [5.41, 5.74) is 1.35. The van der Waals surface area contributed by atoms with Crippen molar-refractivity contribution < 1.29 is 4.74 Å². The average Bonchev–Trinajstić information content (AvgIpc) is 2.87. The van der Waals surface area contributed by atoms with Crippen LogP contribution in [0.1, 0.15) is 51.5 Å². The predicted molar refractivity (Wildman–Crippen MR) is 85.1 cm³/mol. The van der Waals surface area contributed by atoms with E-state index in [1.54, 1.807) is 0 Å². The van der Waals surface area contributed by atoms with Crippen molar-refractivity contribution in [2.75, 3.05) is 13.2 Å². The van der Waals surface area contributed by atoms with Crippen LogP contribution in [0.15, 0.2) is 24.3 Å². The molecule has 1 aliphatic carbocycles. The molecule has 1 aromatic rings. The first kappa shape index (κ1) is 15.4. The van der Waals surface area contributed by atoms with Gasteiger partial charge in [0, 0.05) is 6.54 Å². The van der Waals surface area contributed by atoms with E-state index in [-0.39, 0.29) is 0 Å². The zero-order chi connectivity index (χ0) is 14.2. The first-order valence-electron chi connectivity index (χ1n) is 8.20. The Morgan fingerprint density at radius 1 is 1.20 bits per heavy atom. The van der Waals surface area contributed by atoms with E-state index in [1.807, 2.05) is 0 Å². The maximum absolute atomic E-state index is 5.68. The summed E-state index contributed by atoms with van der Waals surface area (Å²) in [6.07, 6.45) is 6.52. The van der Waals surface area contributed by atoms with Gasteiger partial charge >= 0.3 is 0 Å². The van der Waals surface area contributed by atoms with Crippen LogP contribution in [0.4, 0.5) is 0 Å². The molecule has 0 spiro atoms. The Balaban J connectivity index is 1.65. The maximum atomic E-state index is 5.68. The largest absolute Gasteiger partial charge is 0.494 e.